The topological polar surface area (TPSA) is 77.0 Å². The summed E-state index contributed by atoms with van der Waals surface area (Å²) in [5.41, 5.74) is 6.24. The number of benzene rings is 2. The molecule has 0 saturated carbocycles. The quantitative estimate of drug-likeness (QED) is 0.419. The highest BCUT2D eigenvalue weighted by molar-refractivity contribution is 9.10. The summed E-state index contributed by atoms with van der Waals surface area (Å²) in [5, 5.41) is 3.91. The molecule has 0 saturated heterocycles. The Bertz CT molecular complexity index is 894. The highest BCUT2D eigenvalue weighted by Gasteiger charge is 2.16. The summed E-state index contributed by atoms with van der Waals surface area (Å²) >= 11 is 3.60. The van der Waals surface area contributed by atoms with Gasteiger partial charge in [0, 0.05) is 0 Å². The van der Waals surface area contributed by atoms with Crippen LogP contribution >= 0.6 is 15.9 Å². The SMILES string of the molecule is COC(=O)c1ccc(/C=N\NC(=O)COc2ccc3c(c2Br)CCCC3)cc1. The van der Waals surface area contributed by atoms with Gasteiger partial charge in [0.05, 0.1) is 23.4 Å². The second kappa shape index (κ2) is 9.50. The molecule has 0 fully saturated rings. The molecule has 0 heterocycles. The van der Waals surface area contributed by atoms with E-state index in [2.05, 4.69) is 37.3 Å². The zero-order valence-electron chi connectivity index (χ0n) is 15.5. The summed E-state index contributed by atoms with van der Waals surface area (Å²) < 4.78 is 11.2. The minimum atomic E-state index is -0.401. The molecule has 2 aromatic rings. The summed E-state index contributed by atoms with van der Waals surface area (Å²) in [4.78, 5) is 23.4. The highest BCUT2D eigenvalue weighted by Crippen LogP contribution is 2.35. The third kappa shape index (κ3) is 4.98. The Morgan fingerprint density at radius 2 is 1.89 bits per heavy atom. The summed E-state index contributed by atoms with van der Waals surface area (Å²) in [6, 6.07) is 10.7. The standard InChI is InChI=1S/C21H21BrN2O4/c1-27-21(26)16-8-6-14(7-9-16)12-23-24-19(25)13-28-18-11-10-15-4-2-3-5-17(15)20(18)22/h6-12H,2-5,13H2,1H3,(H,24,25)/b23-12-. The van der Waals surface area contributed by atoms with Gasteiger partial charge in [-0.15, -0.1) is 0 Å². The Hall–Kier alpha value is -2.67. The van der Waals surface area contributed by atoms with E-state index in [1.54, 1.807) is 24.3 Å². The van der Waals surface area contributed by atoms with E-state index in [-0.39, 0.29) is 12.5 Å². The lowest BCUT2D eigenvalue weighted by Crippen LogP contribution is -2.24. The zero-order valence-corrected chi connectivity index (χ0v) is 17.1. The fraction of sp³-hybridized carbons (Fsp3) is 0.286. The molecular formula is C21H21BrN2O4. The van der Waals surface area contributed by atoms with Gasteiger partial charge >= 0.3 is 5.97 Å². The molecule has 6 nitrogen and oxygen atoms in total. The molecule has 0 bridgehead atoms. The normalized spacial score (nSPS) is 13.1. The van der Waals surface area contributed by atoms with Crippen LogP contribution in [0.4, 0.5) is 0 Å². The molecule has 0 spiro atoms. The number of halogens is 1. The maximum absolute atomic E-state index is 12.0. The van der Waals surface area contributed by atoms with E-state index in [0.29, 0.717) is 11.3 Å². The van der Waals surface area contributed by atoms with Crippen LogP contribution in [0.5, 0.6) is 5.75 Å². The van der Waals surface area contributed by atoms with E-state index < -0.39 is 5.97 Å². The van der Waals surface area contributed by atoms with Gasteiger partial charge in [-0.2, -0.15) is 5.10 Å². The third-order valence-corrected chi connectivity index (χ3v) is 5.39. The Kier molecular flexibility index (Phi) is 6.81. The fourth-order valence-electron chi connectivity index (χ4n) is 3.05. The minimum Gasteiger partial charge on any atom is -0.483 e. The number of fused-ring (bicyclic) bond motifs is 1. The predicted octanol–water partition coefficient (Wildman–Crippen LogP) is 3.64. The van der Waals surface area contributed by atoms with Crippen molar-refractivity contribution in [2.75, 3.05) is 13.7 Å². The predicted molar refractivity (Wildman–Crippen MR) is 110 cm³/mol. The van der Waals surface area contributed by atoms with Gasteiger partial charge in [0.15, 0.2) is 6.61 Å². The van der Waals surface area contributed by atoms with Gasteiger partial charge in [-0.25, -0.2) is 10.2 Å². The first kappa shape index (κ1) is 20.1. The number of methoxy groups -OCH3 is 1. The van der Waals surface area contributed by atoms with Crippen LogP contribution in [0.2, 0.25) is 0 Å². The van der Waals surface area contributed by atoms with Crippen LogP contribution in [0.1, 0.15) is 39.9 Å². The van der Waals surface area contributed by atoms with Gasteiger partial charge < -0.3 is 9.47 Å². The monoisotopic (exact) mass is 444 g/mol. The molecule has 0 atom stereocenters. The van der Waals surface area contributed by atoms with Crippen molar-refractivity contribution in [2.45, 2.75) is 25.7 Å². The average molecular weight is 445 g/mol. The number of nitrogens with one attached hydrogen (secondary N) is 1. The Balaban J connectivity index is 1.51. The lowest BCUT2D eigenvalue weighted by atomic mass is 9.92. The largest absolute Gasteiger partial charge is 0.483 e. The lowest BCUT2D eigenvalue weighted by molar-refractivity contribution is -0.123. The molecule has 1 aliphatic carbocycles. The molecule has 3 rings (SSSR count). The second-order valence-corrected chi connectivity index (χ2v) is 7.21. The lowest BCUT2D eigenvalue weighted by Gasteiger charge is -2.19. The molecule has 28 heavy (non-hydrogen) atoms. The van der Waals surface area contributed by atoms with Crippen molar-refractivity contribution < 1.29 is 19.1 Å². The first-order valence-corrected chi connectivity index (χ1v) is 9.81. The number of aryl methyl sites for hydroxylation is 1. The average Bonchev–Trinajstić information content (AvgIpc) is 2.73. The summed E-state index contributed by atoms with van der Waals surface area (Å²) in [7, 11) is 1.33. The van der Waals surface area contributed by atoms with Crippen molar-refractivity contribution in [1.29, 1.82) is 0 Å². The number of rotatable bonds is 6. The Morgan fingerprint density at radius 1 is 1.14 bits per heavy atom. The van der Waals surface area contributed by atoms with Crippen LogP contribution in [-0.2, 0) is 22.4 Å². The molecule has 0 aromatic heterocycles. The summed E-state index contributed by atoms with van der Waals surface area (Å²) in [5.74, 6) is -0.0903. The van der Waals surface area contributed by atoms with Crippen molar-refractivity contribution in [1.82, 2.24) is 5.43 Å². The van der Waals surface area contributed by atoms with Crippen molar-refractivity contribution in [3.8, 4) is 5.75 Å². The molecule has 7 heteroatoms. The molecule has 2 aromatic carbocycles. The Labute approximate surface area is 172 Å². The number of amides is 1. The number of hydrogen-bond acceptors (Lipinski definition) is 5. The highest BCUT2D eigenvalue weighted by atomic mass is 79.9. The molecular weight excluding hydrogens is 424 g/mol. The number of hydrogen-bond donors (Lipinski definition) is 1. The summed E-state index contributed by atoms with van der Waals surface area (Å²) in [6.07, 6.45) is 5.99. The van der Waals surface area contributed by atoms with Crippen LogP contribution in [0.15, 0.2) is 46.0 Å². The fourth-order valence-corrected chi connectivity index (χ4v) is 3.75. The maximum Gasteiger partial charge on any atom is 0.337 e. The first-order valence-electron chi connectivity index (χ1n) is 9.02. The van der Waals surface area contributed by atoms with E-state index in [1.807, 2.05) is 6.07 Å². The second-order valence-electron chi connectivity index (χ2n) is 6.42. The van der Waals surface area contributed by atoms with Crippen molar-refractivity contribution in [3.63, 3.8) is 0 Å². The molecule has 0 aliphatic heterocycles. The van der Waals surface area contributed by atoms with E-state index in [1.165, 1.54) is 37.3 Å². The van der Waals surface area contributed by atoms with Crippen LogP contribution in [0, 0.1) is 0 Å². The van der Waals surface area contributed by atoms with Crippen LogP contribution in [0.25, 0.3) is 0 Å². The van der Waals surface area contributed by atoms with Gasteiger partial charge in [-0.3, -0.25) is 4.79 Å². The molecule has 0 unspecified atom stereocenters. The number of carbonyl (C=O) groups excluding carboxylic acids is 2. The van der Waals surface area contributed by atoms with Crippen LogP contribution in [0.3, 0.4) is 0 Å². The van der Waals surface area contributed by atoms with Crippen LogP contribution < -0.4 is 10.2 Å². The summed E-state index contributed by atoms with van der Waals surface area (Å²) in [6.45, 7) is -0.129. The van der Waals surface area contributed by atoms with E-state index in [0.717, 1.165) is 22.9 Å². The molecule has 1 aliphatic rings. The molecule has 1 amide bonds. The van der Waals surface area contributed by atoms with Gasteiger partial charge in [-0.05, 0) is 76.5 Å². The van der Waals surface area contributed by atoms with Crippen molar-refractivity contribution in [2.24, 2.45) is 5.10 Å². The van der Waals surface area contributed by atoms with Crippen LogP contribution in [-0.4, -0.2) is 31.8 Å². The Morgan fingerprint density at radius 3 is 2.64 bits per heavy atom. The number of carbonyl (C=O) groups is 2. The van der Waals surface area contributed by atoms with Crippen molar-refractivity contribution >= 4 is 34.0 Å². The number of hydrazone groups is 1. The maximum atomic E-state index is 12.0. The minimum absolute atomic E-state index is 0.129. The van der Waals surface area contributed by atoms with Crippen molar-refractivity contribution in [3.05, 3.63) is 63.1 Å². The van der Waals surface area contributed by atoms with Gasteiger partial charge in [0.1, 0.15) is 5.75 Å². The van der Waals surface area contributed by atoms with Gasteiger partial charge in [-0.1, -0.05) is 18.2 Å². The van der Waals surface area contributed by atoms with Gasteiger partial charge in [0.2, 0.25) is 0 Å². The zero-order chi connectivity index (χ0) is 19.9. The number of esters is 1. The number of ether oxygens (including phenoxy) is 2. The molecule has 0 radical (unpaired) electrons. The van der Waals surface area contributed by atoms with E-state index in [9.17, 15) is 9.59 Å². The van der Waals surface area contributed by atoms with E-state index in [4.69, 9.17) is 4.74 Å². The molecule has 1 N–H and O–H groups in total. The smallest absolute Gasteiger partial charge is 0.337 e. The number of nitrogens with zero attached hydrogens (tertiary/aromatic N) is 1. The molecule has 146 valence electrons. The third-order valence-electron chi connectivity index (χ3n) is 4.52. The first-order chi connectivity index (χ1) is 13.6. The van der Waals surface area contributed by atoms with Gasteiger partial charge in [0.25, 0.3) is 5.91 Å². The van der Waals surface area contributed by atoms with E-state index >= 15 is 0 Å².